The van der Waals surface area contributed by atoms with Crippen LogP contribution in [-0.2, 0) is 17.5 Å². The summed E-state index contributed by atoms with van der Waals surface area (Å²) in [5, 5.41) is 7.54. The lowest BCUT2D eigenvalue weighted by Gasteiger charge is -2.30. The number of benzene rings is 1. The first-order valence-electron chi connectivity index (χ1n) is 8.39. The molecule has 3 rings (SSSR count). The number of likely N-dealkylation sites (tertiary alicyclic amines) is 1. The fourth-order valence-corrected chi connectivity index (χ4v) is 3.14. The second-order valence-electron chi connectivity index (χ2n) is 6.45. The van der Waals surface area contributed by atoms with E-state index in [9.17, 15) is 22.8 Å². The van der Waals surface area contributed by atoms with Crippen LogP contribution in [0.4, 0.5) is 13.2 Å². The number of carbonyl (C=O) groups excluding carboxylic acids is 2. The molecular formula is C17H18F3N5O2. The SMILES string of the molecule is NC(=O)C1CCCN(C(=O)c2cn(Cc3ccccc3C(F)(F)F)nn2)C1. The quantitative estimate of drug-likeness (QED) is 0.872. The van der Waals surface area contributed by atoms with E-state index in [4.69, 9.17) is 5.73 Å². The van der Waals surface area contributed by atoms with Crippen LogP contribution in [-0.4, -0.2) is 44.8 Å². The van der Waals surface area contributed by atoms with Gasteiger partial charge in [0.15, 0.2) is 5.69 Å². The average Bonchev–Trinajstić information content (AvgIpc) is 3.09. The van der Waals surface area contributed by atoms with Crippen molar-refractivity contribution in [2.45, 2.75) is 25.6 Å². The number of hydrogen-bond acceptors (Lipinski definition) is 4. The normalized spacial score (nSPS) is 17.7. The van der Waals surface area contributed by atoms with Crippen molar-refractivity contribution in [3.05, 3.63) is 47.3 Å². The molecule has 1 aromatic carbocycles. The van der Waals surface area contributed by atoms with E-state index in [2.05, 4.69) is 10.3 Å². The van der Waals surface area contributed by atoms with Crippen molar-refractivity contribution in [3.63, 3.8) is 0 Å². The van der Waals surface area contributed by atoms with Crippen LogP contribution in [0.1, 0.15) is 34.5 Å². The molecule has 1 unspecified atom stereocenters. The third-order valence-electron chi connectivity index (χ3n) is 4.52. The number of alkyl halides is 3. The number of carbonyl (C=O) groups is 2. The number of rotatable bonds is 4. The number of amides is 2. The molecule has 1 aliphatic heterocycles. The summed E-state index contributed by atoms with van der Waals surface area (Å²) in [6.07, 6.45) is -1.90. The van der Waals surface area contributed by atoms with Gasteiger partial charge in [-0.25, -0.2) is 4.68 Å². The molecule has 7 nitrogen and oxygen atoms in total. The molecule has 2 heterocycles. The van der Waals surface area contributed by atoms with Crippen molar-refractivity contribution >= 4 is 11.8 Å². The predicted octanol–water partition coefficient (Wildman–Crippen LogP) is 1.68. The van der Waals surface area contributed by atoms with E-state index in [1.807, 2.05) is 0 Å². The Morgan fingerprint density at radius 3 is 2.70 bits per heavy atom. The minimum atomic E-state index is -4.48. The summed E-state index contributed by atoms with van der Waals surface area (Å²) in [6.45, 7) is 0.504. The first-order valence-corrected chi connectivity index (χ1v) is 8.39. The van der Waals surface area contributed by atoms with Crippen molar-refractivity contribution in [2.24, 2.45) is 11.7 Å². The minimum Gasteiger partial charge on any atom is -0.369 e. The molecule has 1 aliphatic rings. The number of nitrogens with zero attached hydrogens (tertiary/aromatic N) is 4. The fourth-order valence-electron chi connectivity index (χ4n) is 3.14. The van der Waals surface area contributed by atoms with Gasteiger partial charge in [-0.05, 0) is 24.5 Å². The van der Waals surface area contributed by atoms with Crippen LogP contribution >= 0.6 is 0 Å². The molecule has 0 aliphatic carbocycles. The van der Waals surface area contributed by atoms with E-state index < -0.39 is 29.5 Å². The molecule has 1 saturated heterocycles. The Morgan fingerprint density at radius 1 is 1.26 bits per heavy atom. The number of primary amides is 1. The lowest BCUT2D eigenvalue weighted by Crippen LogP contribution is -2.44. The Morgan fingerprint density at radius 2 is 2.00 bits per heavy atom. The summed E-state index contributed by atoms with van der Waals surface area (Å²) in [5.74, 6) is -1.28. The van der Waals surface area contributed by atoms with Crippen molar-refractivity contribution in [1.29, 1.82) is 0 Å². The van der Waals surface area contributed by atoms with Gasteiger partial charge in [0.25, 0.3) is 5.91 Å². The number of nitrogens with two attached hydrogens (primary N) is 1. The smallest absolute Gasteiger partial charge is 0.369 e. The highest BCUT2D eigenvalue weighted by molar-refractivity contribution is 5.92. The van der Waals surface area contributed by atoms with E-state index >= 15 is 0 Å². The van der Waals surface area contributed by atoms with Crippen LogP contribution in [0.15, 0.2) is 30.5 Å². The molecule has 144 valence electrons. The number of halogens is 3. The van der Waals surface area contributed by atoms with E-state index in [1.54, 1.807) is 0 Å². The largest absolute Gasteiger partial charge is 0.416 e. The average molecular weight is 381 g/mol. The van der Waals surface area contributed by atoms with Crippen molar-refractivity contribution in [3.8, 4) is 0 Å². The van der Waals surface area contributed by atoms with E-state index in [1.165, 1.54) is 34.0 Å². The van der Waals surface area contributed by atoms with Crippen LogP contribution in [0.3, 0.4) is 0 Å². The highest BCUT2D eigenvalue weighted by Gasteiger charge is 2.33. The van der Waals surface area contributed by atoms with Gasteiger partial charge in [0, 0.05) is 13.1 Å². The monoisotopic (exact) mass is 381 g/mol. The Labute approximate surface area is 152 Å². The molecule has 10 heteroatoms. The van der Waals surface area contributed by atoms with Crippen LogP contribution in [0.25, 0.3) is 0 Å². The van der Waals surface area contributed by atoms with Gasteiger partial charge in [0.1, 0.15) is 0 Å². The summed E-state index contributed by atoms with van der Waals surface area (Å²) in [6, 6.07) is 5.17. The summed E-state index contributed by atoms with van der Waals surface area (Å²) in [4.78, 5) is 25.3. The predicted molar refractivity (Wildman–Crippen MR) is 88.4 cm³/mol. The lowest BCUT2D eigenvalue weighted by molar-refractivity contribution is -0.138. The van der Waals surface area contributed by atoms with Crippen LogP contribution < -0.4 is 5.73 Å². The van der Waals surface area contributed by atoms with Gasteiger partial charge in [-0.15, -0.1) is 5.10 Å². The first kappa shape index (κ1) is 18.9. The molecule has 2 aromatic rings. The summed E-state index contributed by atoms with van der Waals surface area (Å²) in [7, 11) is 0. The zero-order valence-electron chi connectivity index (χ0n) is 14.3. The van der Waals surface area contributed by atoms with E-state index in [0.717, 1.165) is 6.07 Å². The molecule has 0 radical (unpaired) electrons. The van der Waals surface area contributed by atoms with Crippen molar-refractivity contribution in [2.75, 3.05) is 13.1 Å². The van der Waals surface area contributed by atoms with Gasteiger partial charge < -0.3 is 10.6 Å². The topological polar surface area (TPSA) is 94.1 Å². The Bertz CT molecular complexity index is 849. The molecule has 2 amide bonds. The summed E-state index contributed by atoms with van der Waals surface area (Å²) < 4.78 is 40.4. The third kappa shape index (κ3) is 4.26. The molecule has 0 spiro atoms. The van der Waals surface area contributed by atoms with Gasteiger partial charge in [-0.3, -0.25) is 9.59 Å². The molecule has 1 atom stereocenters. The number of hydrogen-bond donors (Lipinski definition) is 1. The number of piperidine rings is 1. The highest BCUT2D eigenvalue weighted by atomic mass is 19.4. The van der Waals surface area contributed by atoms with E-state index in [0.29, 0.717) is 19.4 Å². The van der Waals surface area contributed by atoms with Gasteiger partial charge >= 0.3 is 6.18 Å². The zero-order chi connectivity index (χ0) is 19.6. The van der Waals surface area contributed by atoms with Crippen LogP contribution in [0, 0.1) is 5.92 Å². The van der Waals surface area contributed by atoms with Crippen molar-refractivity contribution in [1.82, 2.24) is 19.9 Å². The second-order valence-corrected chi connectivity index (χ2v) is 6.45. The maximum Gasteiger partial charge on any atom is 0.416 e. The van der Waals surface area contributed by atoms with Crippen LogP contribution in [0.2, 0.25) is 0 Å². The highest BCUT2D eigenvalue weighted by Crippen LogP contribution is 2.32. The maximum atomic E-state index is 13.1. The van der Waals surface area contributed by atoms with E-state index in [-0.39, 0.29) is 24.3 Å². The number of aromatic nitrogens is 3. The summed E-state index contributed by atoms with van der Waals surface area (Å²) >= 11 is 0. The molecule has 1 fully saturated rings. The standard InChI is InChI=1S/C17H18F3N5O2/c18-17(19,20)13-6-2-1-4-11(13)9-25-10-14(22-23-25)16(27)24-7-3-5-12(8-24)15(21)26/h1-2,4,6,10,12H,3,5,7-9H2,(H2,21,26). The molecule has 27 heavy (non-hydrogen) atoms. The Kier molecular flexibility index (Phi) is 5.15. The van der Waals surface area contributed by atoms with Gasteiger partial charge in [-0.2, -0.15) is 13.2 Å². The molecule has 0 bridgehead atoms. The third-order valence-corrected chi connectivity index (χ3v) is 4.52. The van der Waals surface area contributed by atoms with Gasteiger partial charge in [0.05, 0.1) is 24.2 Å². The minimum absolute atomic E-state index is 0.0182. The van der Waals surface area contributed by atoms with Gasteiger partial charge in [0.2, 0.25) is 5.91 Å². The van der Waals surface area contributed by atoms with Crippen molar-refractivity contribution < 1.29 is 22.8 Å². The second kappa shape index (κ2) is 7.37. The maximum absolute atomic E-state index is 13.1. The van der Waals surface area contributed by atoms with Crippen LogP contribution in [0.5, 0.6) is 0 Å². The molecule has 1 aromatic heterocycles. The first-order chi connectivity index (χ1) is 12.8. The zero-order valence-corrected chi connectivity index (χ0v) is 14.3. The Balaban J connectivity index is 1.74. The molecule has 0 saturated carbocycles. The molecular weight excluding hydrogens is 363 g/mol. The fraction of sp³-hybridized carbons (Fsp3) is 0.412. The molecule has 2 N–H and O–H groups in total. The van der Waals surface area contributed by atoms with Gasteiger partial charge in [-0.1, -0.05) is 23.4 Å². The summed E-state index contributed by atoms with van der Waals surface area (Å²) in [5.41, 5.74) is 4.60. The lowest BCUT2D eigenvalue weighted by atomic mass is 9.97. The Hall–Kier alpha value is -2.91.